The summed E-state index contributed by atoms with van der Waals surface area (Å²) in [6.07, 6.45) is 11.7. The van der Waals surface area contributed by atoms with Gasteiger partial charge < -0.3 is 0 Å². The van der Waals surface area contributed by atoms with Crippen LogP contribution in [0.5, 0.6) is 0 Å². The van der Waals surface area contributed by atoms with Gasteiger partial charge in [0, 0.05) is 10.6 Å². The van der Waals surface area contributed by atoms with Crippen molar-refractivity contribution in [2.24, 2.45) is 17.3 Å². The highest BCUT2D eigenvalue weighted by Crippen LogP contribution is 2.51. The first kappa shape index (κ1) is 18.4. The highest BCUT2D eigenvalue weighted by molar-refractivity contribution is 5.55. The molecule has 1 saturated carbocycles. The molecule has 0 amide bonds. The molecule has 2 aliphatic rings. The SMILES string of the molecule is C/C=C/CCC1(C2CCC(CC)CC2)C=c2ccccc2=C(F)C1F. The van der Waals surface area contributed by atoms with E-state index in [4.69, 9.17) is 0 Å². The lowest BCUT2D eigenvalue weighted by atomic mass is 9.60. The summed E-state index contributed by atoms with van der Waals surface area (Å²) >= 11 is 0. The van der Waals surface area contributed by atoms with Crippen molar-refractivity contribution in [1.82, 2.24) is 0 Å². The second-order valence-electron chi connectivity index (χ2n) is 7.79. The van der Waals surface area contributed by atoms with Gasteiger partial charge >= 0.3 is 0 Å². The smallest absolute Gasteiger partial charge is 0.161 e. The molecule has 1 aromatic carbocycles. The molecule has 0 heterocycles. The van der Waals surface area contributed by atoms with Crippen LogP contribution in [0.4, 0.5) is 8.78 Å². The molecule has 0 saturated heterocycles. The van der Waals surface area contributed by atoms with Gasteiger partial charge in [0.2, 0.25) is 0 Å². The number of alkyl halides is 1. The lowest BCUT2D eigenvalue weighted by Crippen LogP contribution is -2.48. The summed E-state index contributed by atoms with van der Waals surface area (Å²) in [5.41, 5.74) is -0.698. The Hall–Kier alpha value is -1.44. The zero-order chi connectivity index (χ0) is 17.9. The summed E-state index contributed by atoms with van der Waals surface area (Å²) in [6.45, 7) is 4.22. The summed E-state index contributed by atoms with van der Waals surface area (Å²) in [7, 11) is 0. The largest absolute Gasteiger partial charge is 0.239 e. The first-order chi connectivity index (χ1) is 12.1. The Labute approximate surface area is 150 Å². The fourth-order valence-electron chi connectivity index (χ4n) is 4.91. The van der Waals surface area contributed by atoms with Crippen LogP contribution in [0.2, 0.25) is 0 Å². The normalized spacial score (nSPS) is 32.5. The van der Waals surface area contributed by atoms with E-state index in [-0.39, 0.29) is 5.92 Å². The third-order valence-corrected chi connectivity index (χ3v) is 6.50. The highest BCUT2D eigenvalue weighted by Gasteiger charge is 2.48. The minimum absolute atomic E-state index is 0.231. The Morgan fingerprint density at radius 3 is 2.56 bits per heavy atom. The van der Waals surface area contributed by atoms with E-state index in [9.17, 15) is 4.39 Å². The summed E-state index contributed by atoms with van der Waals surface area (Å²) < 4.78 is 30.5. The van der Waals surface area contributed by atoms with Gasteiger partial charge in [-0.05, 0) is 49.7 Å². The molecule has 2 heteroatoms. The van der Waals surface area contributed by atoms with Crippen LogP contribution in [0.25, 0.3) is 11.9 Å². The maximum absolute atomic E-state index is 15.5. The van der Waals surface area contributed by atoms with Crippen molar-refractivity contribution in [3.8, 4) is 0 Å². The van der Waals surface area contributed by atoms with Gasteiger partial charge in [0.25, 0.3) is 0 Å². The quantitative estimate of drug-likeness (QED) is 0.623. The molecule has 2 unspecified atom stereocenters. The summed E-state index contributed by atoms with van der Waals surface area (Å²) in [6, 6.07) is 7.35. The van der Waals surface area contributed by atoms with Crippen molar-refractivity contribution in [2.75, 3.05) is 0 Å². The second-order valence-corrected chi connectivity index (χ2v) is 7.79. The summed E-state index contributed by atoms with van der Waals surface area (Å²) in [5.74, 6) is 0.428. The average Bonchev–Trinajstić information content (AvgIpc) is 2.66. The molecular weight excluding hydrogens is 314 g/mol. The molecule has 2 atom stereocenters. The zero-order valence-corrected chi connectivity index (χ0v) is 15.5. The summed E-state index contributed by atoms with van der Waals surface area (Å²) in [4.78, 5) is 0. The van der Waals surface area contributed by atoms with Crippen LogP contribution in [0.15, 0.2) is 36.4 Å². The van der Waals surface area contributed by atoms with Crippen LogP contribution in [0, 0.1) is 17.3 Å². The van der Waals surface area contributed by atoms with Crippen LogP contribution < -0.4 is 10.4 Å². The van der Waals surface area contributed by atoms with E-state index in [0.29, 0.717) is 11.6 Å². The van der Waals surface area contributed by atoms with Crippen molar-refractivity contribution in [1.29, 1.82) is 0 Å². The fraction of sp³-hybridized carbons (Fsp3) is 0.565. The maximum atomic E-state index is 15.5. The standard InChI is InChI=1S/C23H30F2/c1-3-5-8-15-23(19-13-11-17(4-2)12-14-19)16-18-9-6-7-10-20(18)21(24)22(23)25/h3,5-7,9-10,16-17,19,22H,4,8,11-15H2,1-2H3/b5-3+. The van der Waals surface area contributed by atoms with Gasteiger partial charge in [-0.15, -0.1) is 0 Å². The van der Waals surface area contributed by atoms with Crippen molar-refractivity contribution in [2.45, 2.75) is 65.0 Å². The van der Waals surface area contributed by atoms with Crippen LogP contribution >= 0.6 is 0 Å². The van der Waals surface area contributed by atoms with Crippen LogP contribution in [0.1, 0.15) is 58.8 Å². The molecule has 0 nitrogen and oxygen atoms in total. The molecule has 0 bridgehead atoms. The molecule has 0 radical (unpaired) electrons. The monoisotopic (exact) mass is 344 g/mol. The lowest BCUT2D eigenvalue weighted by Gasteiger charge is -2.45. The molecular formula is C23H30F2. The number of rotatable bonds is 5. The highest BCUT2D eigenvalue weighted by atomic mass is 19.2. The molecule has 1 fully saturated rings. The number of halogens is 2. The van der Waals surface area contributed by atoms with Crippen molar-refractivity contribution in [3.63, 3.8) is 0 Å². The number of hydrogen-bond acceptors (Lipinski definition) is 0. The fourth-order valence-corrected chi connectivity index (χ4v) is 4.91. The van der Waals surface area contributed by atoms with E-state index in [1.165, 1.54) is 6.42 Å². The lowest BCUT2D eigenvalue weighted by molar-refractivity contribution is 0.0779. The molecule has 0 spiro atoms. The van der Waals surface area contributed by atoms with Gasteiger partial charge in [-0.25, -0.2) is 8.78 Å². The predicted molar refractivity (Wildman–Crippen MR) is 102 cm³/mol. The van der Waals surface area contributed by atoms with Gasteiger partial charge in [0.1, 0.15) is 5.83 Å². The van der Waals surface area contributed by atoms with E-state index >= 15 is 4.39 Å². The topological polar surface area (TPSA) is 0 Å². The first-order valence-electron chi connectivity index (χ1n) is 9.85. The van der Waals surface area contributed by atoms with E-state index < -0.39 is 17.4 Å². The number of allylic oxidation sites excluding steroid dienone is 2. The van der Waals surface area contributed by atoms with E-state index in [2.05, 4.69) is 19.1 Å². The van der Waals surface area contributed by atoms with Crippen molar-refractivity contribution < 1.29 is 8.78 Å². The second kappa shape index (κ2) is 7.85. The van der Waals surface area contributed by atoms with Crippen LogP contribution in [-0.4, -0.2) is 6.17 Å². The van der Waals surface area contributed by atoms with Gasteiger partial charge in [-0.1, -0.05) is 68.7 Å². The molecule has 0 aliphatic heterocycles. The van der Waals surface area contributed by atoms with Gasteiger partial charge in [0.05, 0.1) is 0 Å². The van der Waals surface area contributed by atoms with E-state index in [1.54, 1.807) is 12.1 Å². The summed E-state index contributed by atoms with van der Waals surface area (Å²) in [5, 5.41) is 1.31. The average molecular weight is 344 g/mol. The number of fused-ring (bicyclic) bond motifs is 1. The third kappa shape index (κ3) is 3.45. The van der Waals surface area contributed by atoms with Gasteiger partial charge in [-0.2, -0.15) is 0 Å². The van der Waals surface area contributed by atoms with Crippen molar-refractivity contribution in [3.05, 3.63) is 46.9 Å². The number of hydrogen-bond donors (Lipinski definition) is 0. The van der Waals surface area contributed by atoms with Gasteiger partial charge in [0.15, 0.2) is 6.17 Å². The number of benzene rings is 1. The van der Waals surface area contributed by atoms with E-state index in [1.807, 2.05) is 25.1 Å². The minimum atomic E-state index is -1.52. The van der Waals surface area contributed by atoms with Gasteiger partial charge in [-0.3, -0.25) is 0 Å². The Bertz CT molecular complexity index is 725. The van der Waals surface area contributed by atoms with Crippen LogP contribution in [-0.2, 0) is 0 Å². The molecule has 136 valence electrons. The maximum Gasteiger partial charge on any atom is 0.161 e. The Balaban J connectivity index is 2.02. The third-order valence-electron chi connectivity index (χ3n) is 6.50. The van der Waals surface area contributed by atoms with E-state index in [0.717, 1.165) is 43.2 Å². The van der Waals surface area contributed by atoms with Crippen LogP contribution in [0.3, 0.4) is 0 Å². The molecule has 25 heavy (non-hydrogen) atoms. The first-order valence-corrected chi connectivity index (χ1v) is 9.85. The molecule has 1 aromatic rings. The zero-order valence-electron chi connectivity index (χ0n) is 15.5. The van der Waals surface area contributed by atoms with Crippen molar-refractivity contribution >= 4 is 11.9 Å². The minimum Gasteiger partial charge on any atom is -0.239 e. The molecule has 0 N–H and O–H groups in total. The molecule has 0 aromatic heterocycles. The molecule has 3 rings (SSSR count). The predicted octanol–water partition coefficient (Wildman–Crippen LogP) is 5.46. The Morgan fingerprint density at radius 1 is 1.16 bits per heavy atom. The molecule has 2 aliphatic carbocycles. The Morgan fingerprint density at radius 2 is 1.88 bits per heavy atom. The Kier molecular flexibility index (Phi) is 5.76.